The Bertz CT molecular complexity index is 963. The highest BCUT2D eigenvalue weighted by atomic mass is 32.2. The Labute approximate surface area is 158 Å². The summed E-state index contributed by atoms with van der Waals surface area (Å²) in [6.07, 6.45) is 5.03. The molecule has 0 radical (unpaired) electrons. The lowest BCUT2D eigenvalue weighted by molar-refractivity contribution is 0.102. The minimum atomic E-state index is 0.168. The van der Waals surface area contributed by atoms with Gasteiger partial charge >= 0.3 is 0 Å². The van der Waals surface area contributed by atoms with E-state index in [9.17, 15) is 4.79 Å². The number of nitrogens with zero attached hydrogens (tertiary/aromatic N) is 2. The molecule has 1 N–H and O–H groups in total. The van der Waals surface area contributed by atoms with Gasteiger partial charge in [-0.1, -0.05) is 42.8 Å². The number of carbonyl (C=O) groups excluding carboxylic acids is 1. The molecule has 1 saturated carbocycles. The van der Waals surface area contributed by atoms with Crippen LogP contribution in [0, 0.1) is 20.8 Å². The van der Waals surface area contributed by atoms with Crippen molar-refractivity contribution in [3.63, 3.8) is 0 Å². The summed E-state index contributed by atoms with van der Waals surface area (Å²) in [6, 6.07) is 8.56. The molecule has 1 aromatic carbocycles. The predicted octanol–water partition coefficient (Wildman–Crippen LogP) is 5.38. The van der Waals surface area contributed by atoms with Crippen molar-refractivity contribution in [3.05, 3.63) is 46.9 Å². The number of benzene rings is 1. The molecule has 5 heteroatoms. The molecule has 2 aromatic heterocycles. The number of hydrogen-bond acceptors (Lipinski definition) is 3. The molecule has 0 aliphatic heterocycles. The van der Waals surface area contributed by atoms with E-state index in [2.05, 4.69) is 23.4 Å². The molecular weight excluding hydrogens is 342 g/mol. The zero-order valence-corrected chi connectivity index (χ0v) is 16.4. The minimum absolute atomic E-state index is 0.168. The third-order valence-corrected chi connectivity index (χ3v) is 6.50. The fourth-order valence-electron chi connectivity index (χ4n) is 4.13. The number of fused-ring (bicyclic) bond motifs is 1. The Balaban J connectivity index is 1.58. The summed E-state index contributed by atoms with van der Waals surface area (Å²) >= 11 is 1.58. The van der Waals surface area contributed by atoms with Gasteiger partial charge in [0.2, 0.25) is 0 Å². The van der Waals surface area contributed by atoms with Crippen LogP contribution in [0.2, 0.25) is 0 Å². The summed E-state index contributed by atoms with van der Waals surface area (Å²) in [6.45, 7) is 6.19. The van der Waals surface area contributed by atoms with Gasteiger partial charge in [-0.2, -0.15) is 0 Å². The van der Waals surface area contributed by atoms with Crippen LogP contribution in [-0.4, -0.2) is 26.1 Å². The molecule has 3 aromatic rings. The smallest absolute Gasteiger partial charge is 0.175 e. The van der Waals surface area contributed by atoms with Crippen molar-refractivity contribution in [3.8, 4) is 0 Å². The second-order valence-corrected chi connectivity index (χ2v) is 8.20. The summed E-state index contributed by atoms with van der Waals surface area (Å²) in [7, 11) is 0. The van der Waals surface area contributed by atoms with E-state index in [4.69, 9.17) is 4.98 Å². The highest BCUT2D eigenvalue weighted by Gasteiger charge is 2.24. The van der Waals surface area contributed by atoms with Crippen molar-refractivity contribution in [2.24, 2.45) is 0 Å². The van der Waals surface area contributed by atoms with Crippen LogP contribution in [0.4, 0.5) is 0 Å². The number of aromatic amines is 1. The molecule has 26 heavy (non-hydrogen) atoms. The number of ketones is 1. The fraction of sp³-hybridized carbons (Fsp3) is 0.429. The average Bonchev–Trinajstić information content (AvgIpc) is 3.31. The number of Topliss-reactive ketones (excluding diaryl/α,β-unsaturated/α-hetero) is 1. The zero-order valence-electron chi connectivity index (χ0n) is 15.6. The number of para-hydroxylation sites is 1. The van der Waals surface area contributed by atoms with Crippen molar-refractivity contribution >= 4 is 28.4 Å². The normalized spacial score (nSPS) is 15.2. The number of nitrogens with one attached hydrogen (secondary N) is 1. The highest BCUT2D eigenvalue weighted by Crippen LogP contribution is 2.35. The molecule has 0 amide bonds. The second kappa shape index (κ2) is 6.95. The van der Waals surface area contributed by atoms with Crippen LogP contribution in [0.15, 0.2) is 29.4 Å². The number of aryl methyl sites for hydroxylation is 2. The molecule has 1 aliphatic rings. The van der Waals surface area contributed by atoms with Gasteiger partial charge in [0.25, 0.3) is 0 Å². The molecule has 0 bridgehead atoms. The van der Waals surface area contributed by atoms with E-state index in [1.54, 1.807) is 11.8 Å². The van der Waals surface area contributed by atoms with Crippen LogP contribution >= 0.6 is 11.8 Å². The zero-order chi connectivity index (χ0) is 18.3. The largest absolute Gasteiger partial charge is 0.358 e. The Kier molecular flexibility index (Phi) is 4.65. The molecule has 2 heterocycles. The quantitative estimate of drug-likeness (QED) is 0.486. The van der Waals surface area contributed by atoms with Gasteiger partial charge in [0.1, 0.15) is 0 Å². The van der Waals surface area contributed by atoms with Crippen molar-refractivity contribution < 1.29 is 4.79 Å². The molecule has 0 atom stereocenters. The number of H-pyrrole nitrogens is 1. The monoisotopic (exact) mass is 367 g/mol. The molecule has 136 valence electrons. The first-order chi connectivity index (χ1) is 12.6. The first-order valence-electron chi connectivity index (χ1n) is 9.35. The Morgan fingerprint density at radius 1 is 1.23 bits per heavy atom. The first-order valence-corrected chi connectivity index (χ1v) is 10.3. The van der Waals surface area contributed by atoms with Gasteiger partial charge in [-0.05, 0) is 39.7 Å². The maximum absolute atomic E-state index is 13.0. The van der Waals surface area contributed by atoms with E-state index in [1.165, 1.54) is 31.4 Å². The summed E-state index contributed by atoms with van der Waals surface area (Å²) in [5.41, 5.74) is 5.12. The first kappa shape index (κ1) is 17.4. The van der Waals surface area contributed by atoms with Gasteiger partial charge in [0.05, 0.1) is 11.4 Å². The average molecular weight is 368 g/mol. The Hall–Kier alpha value is -2.01. The SMILES string of the molecule is Cc1nc(SCC(=O)c2c(C)[nH]c3ccccc23)n(C2CCCC2)c1C. The van der Waals surface area contributed by atoms with E-state index in [-0.39, 0.29) is 5.78 Å². The van der Waals surface area contributed by atoms with Gasteiger partial charge in [-0.15, -0.1) is 0 Å². The fourth-order valence-corrected chi connectivity index (χ4v) is 5.16. The minimum Gasteiger partial charge on any atom is -0.358 e. The highest BCUT2D eigenvalue weighted by molar-refractivity contribution is 7.99. The molecule has 0 saturated heterocycles. The number of hydrogen-bond donors (Lipinski definition) is 1. The number of thioether (sulfide) groups is 1. The van der Waals surface area contributed by atoms with Gasteiger partial charge in [0, 0.05) is 33.9 Å². The van der Waals surface area contributed by atoms with Crippen LogP contribution in [0.25, 0.3) is 10.9 Å². The second-order valence-electron chi connectivity index (χ2n) is 7.26. The molecular formula is C21H25N3OS. The number of carbonyl (C=O) groups is 1. The van der Waals surface area contributed by atoms with Gasteiger partial charge < -0.3 is 9.55 Å². The van der Waals surface area contributed by atoms with Crippen molar-refractivity contribution in [2.45, 2.75) is 57.7 Å². The van der Waals surface area contributed by atoms with E-state index in [0.717, 1.165) is 33.0 Å². The van der Waals surface area contributed by atoms with Gasteiger partial charge in [0.15, 0.2) is 10.9 Å². The molecule has 4 rings (SSSR count). The molecule has 0 spiro atoms. The van der Waals surface area contributed by atoms with Gasteiger partial charge in [-0.25, -0.2) is 4.98 Å². The lowest BCUT2D eigenvalue weighted by Crippen LogP contribution is -2.10. The van der Waals surface area contributed by atoms with Crippen molar-refractivity contribution in [2.75, 3.05) is 5.75 Å². The maximum Gasteiger partial charge on any atom is 0.175 e. The molecule has 1 aliphatic carbocycles. The number of aromatic nitrogens is 3. The van der Waals surface area contributed by atoms with Crippen LogP contribution < -0.4 is 0 Å². The lowest BCUT2D eigenvalue weighted by Gasteiger charge is -2.16. The Morgan fingerprint density at radius 3 is 2.73 bits per heavy atom. The van der Waals surface area contributed by atoms with E-state index >= 15 is 0 Å². The number of rotatable bonds is 5. The summed E-state index contributed by atoms with van der Waals surface area (Å²) in [5.74, 6) is 0.590. The van der Waals surface area contributed by atoms with Crippen LogP contribution in [0.1, 0.15) is 59.2 Å². The van der Waals surface area contributed by atoms with E-state index < -0.39 is 0 Å². The topological polar surface area (TPSA) is 50.7 Å². The summed E-state index contributed by atoms with van der Waals surface area (Å²) < 4.78 is 2.38. The third kappa shape index (κ3) is 2.98. The molecule has 4 nitrogen and oxygen atoms in total. The van der Waals surface area contributed by atoms with Crippen LogP contribution in [0.3, 0.4) is 0 Å². The maximum atomic E-state index is 13.0. The molecule has 1 fully saturated rings. The number of imidazole rings is 1. The van der Waals surface area contributed by atoms with Crippen LogP contribution in [-0.2, 0) is 0 Å². The van der Waals surface area contributed by atoms with Crippen LogP contribution in [0.5, 0.6) is 0 Å². The summed E-state index contributed by atoms with van der Waals surface area (Å²) in [5, 5.41) is 2.01. The Morgan fingerprint density at radius 2 is 1.96 bits per heavy atom. The van der Waals surface area contributed by atoms with Crippen molar-refractivity contribution in [1.29, 1.82) is 0 Å². The lowest BCUT2D eigenvalue weighted by atomic mass is 10.1. The third-order valence-electron chi connectivity index (χ3n) is 5.55. The predicted molar refractivity (Wildman–Crippen MR) is 107 cm³/mol. The van der Waals surface area contributed by atoms with Crippen molar-refractivity contribution in [1.82, 2.24) is 14.5 Å². The summed E-state index contributed by atoms with van der Waals surface area (Å²) in [4.78, 5) is 21.0. The van der Waals surface area contributed by atoms with Gasteiger partial charge in [-0.3, -0.25) is 4.79 Å². The standard InChI is InChI=1S/C21H25N3OS/c1-13-15(3)24(16-8-4-5-9-16)21(23-13)26-12-19(25)20-14(2)22-18-11-7-6-10-17(18)20/h6-7,10-11,16,22H,4-5,8-9,12H2,1-3H3. The molecule has 0 unspecified atom stereocenters. The van der Waals surface area contributed by atoms with E-state index in [0.29, 0.717) is 11.8 Å². The van der Waals surface area contributed by atoms with E-state index in [1.807, 2.05) is 31.2 Å².